The first-order chi connectivity index (χ1) is 19.4. The number of esters is 1. The molecule has 40 heavy (non-hydrogen) atoms. The van der Waals surface area contributed by atoms with Crippen molar-refractivity contribution < 1.29 is 28.2 Å². The number of urea groups is 1. The monoisotopic (exact) mass is 543 g/mol. The second-order valence-corrected chi connectivity index (χ2v) is 9.11. The van der Waals surface area contributed by atoms with E-state index in [1.54, 1.807) is 38.4 Å². The van der Waals surface area contributed by atoms with E-state index in [9.17, 15) is 9.59 Å². The smallest absolute Gasteiger partial charge is 0.325 e. The van der Waals surface area contributed by atoms with Crippen molar-refractivity contribution in [2.75, 3.05) is 39.3 Å². The third kappa shape index (κ3) is 7.19. The molecule has 0 N–H and O–H groups in total. The van der Waals surface area contributed by atoms with Crippen LogP contribution in [0.3, 0.4) is 0 Å². The fourth-order valence-electron chi connectivity index (χ4n) is 4.12. The molecule has 0 saturated heterocycles. The number of nitrogens with zero attached hydrogens (tertiary/aromatic N) is 3. The van der Waals surface area contributed by atoms with Crippen molar-refractivity contribution in [3.05, 3.63) is 95.9 Å². The van der Waals surface area contributed by atoms with Gasteiger partial charge in [-0.1, -0.05) is 30.3 Å². The minimum Gasteiger partial charge on any atom is -0.497 e. The Morgan fingerprint density at radius 2 is 1.68 bits per heavy atom. The number of carbonyl (C=O) groups excluding carboxylic acids is 2. The van der Waals surface area contributed by atoms with E-state index in [1.165, 1.54) is 16.9 Å². The largest absolute Gasteiger partial charge is 0.497 e. The molecule has 0 unspecified atom stereocenters. The second kappa shape index (κ2) is 13.3. The van der Waals surface area contributed by atoms with Crippen LogP contribution in [0, 0.1) is 6.92 Å². The maximum Gasteiger partial charge on any atom is 0.325 e. The highest BCUT2D eigenvalue weighted by Gasteiger charge is 2.23. The highest BCUT2D eigenvalue weighted by molar-refractivity contribution is 5.93. The molecule has 3 aromatic carbocycles. The van der Waals surface area contributed by atoms with Crippen LogP contribution in [0.1, 0.15) is 17.0 Å². The molecular formula is C31H33N3O6. The van der Waals surface area contributed by atoms with Crippen LogP contribution >= 0.6 is 0 Å². The van der Waals surface area contributed by atoms with Gasteiger partial charge in [0.05, 0.1) is 26.5 Å². The molecule has 2 amide bonds. The van der Waals surface area contributed by atoms with Crippen molar-refractivity contribution in [1.82, 2.24) is 9.88 Å². The molecule has 0 aliphatic heterocycles. The third-order valence-corrected chi connectivity index (χ3v) is 6.36. The van der Waals surface area contributed by atoms with E-state index in [2.05, 4.69) is 4.98 Å². The van der Waals surface area contributed by atoms with Gasteiger partial charge in [0.15, 0.2) is 0 Å². The summed E-state index contributed by atoms with van der Waals surface area (Å²) < 4.78 is 21.9. The molecule has 9 heteroatoms. The number of carbonyl (C=O) groups is 2. The summed E-state index contributed by atoms with van der Waals surface area (Å²) in [4.78, 5) is 33.0. The molecular weight excluding hydrogens is 510 g/mol. The molecule has 9 nitrogen and oxygen atoms in total. The van der Waals surface area contributed by atoms with Gasteiger partial charge in [-0.2, -0.15) is 0 Å². The zero-order valence-electron chi connectivity index (χ0n) is 23.1. The molecule has 0 aliphatic carbocycles. The number of aromatic nitrogens is 1. The van der Waals surface area contributed by atoms with Crippen LogP contribution in [0.25, 0.3) is 11.5 Å². The second-order valence-electron chi connectivity index (χ2n) is 9.11. The van der Waals surface area contributed by atoms with Crippen LogP contribution in [-0.4, -0.2) is 56.3 Å². The van der Waals surface area contributed by atoms with Crippen molar-refractivity contribution in [2.45, 2.75) is 19.9 Å². The van der Waals surface area contributed by atoms with Gasteiger partial charge >= 0.3 is 12.0 Å². The summed E-state index contributed by atoms with van der Waals surface area (Å²) in [6.07, 6.45) is 0.575. The number of rotatable bonds is 11. The average molecular weight is 544 g/mol. The first kappa shape index (κ1) is 28.2. The number of amides is 2. The van der Waals surface area contributed by atoms with E-state index < -0.39 is 5.97 Å². The molecule has 0 fully saturated rings. The van der Waals surface area contributed by atoms with Crippen LogP contribution in [0.4, 0.5) is 10.5 Å². The molecule has 0 bridgehead atoms. The highest BCUT2D eigenvalue weighted by Crippen LogP contribution is 2.23. The van der Waals surface area contributed by atoms with Crippen molar-refractivity contribution in [1.29, 1.82) is 0 Å². The Labute approximate surface area is 233 Å². The SMILES string of the molecule is COC(=O)CN(Cc1cccc(OCCc2nc(-c3ccccc3)oc2C)c1)C(=O)N(C)c1ccc(OC)cc1. The standard InChI is InChI=1S/C31H33N3O6/c1-22-28(32-30(40-22)24-10-6-5-7-11-24)17-18-39-27-12-8-9-23(19-27)20-34(21-29(35)38-4)31(36)33(2)25-13-15-26(37-3)16-14-25/h5-16,19H,17-18,20-21H2,1-4H3. The Kier molecular flexibility index (Phi) is 9.40. The van der Waals surface area contributed by atoms with Gasteiger partial charge in [-0.25, -0.2) is 9.78 Å². The Bertz CT molecular complexity index is 1420. The van der Waals surface area contributed by atoms with Crippen LogP contribution in [0.5, 0.6) is 11.5 Å². The van der Waals surface area contributed by atoms with Crippen LogP contribution < -0.4 is 14.4 Å². The number of ether oxygens (including phenoxy) is 3. The van der Waals surface area contributed by atoms with E-state index in [0.29, 0.717) is 36.1 Å². The Morgan fingerprint density at radius 1 is 0.925 bits per heavy atom. The van der Waals surface area contributed by atoms with Gasteiger partial charge < -0.3 is 23.5 Å². The molecule has 0 spiro atoms. The number of benzene rings is 3. The predicted molar refractivity (Wildman–Crippen MR) is 152 cm³/mol. The number of anilines is 1. The maximum absolute atomic E-state index is 13.4. The lowest BCUT2D eigenvalue weighted by Crippen LogP contribution is -2.43. The van der Waals surface area contributed by atoms with E-state index in [0.717, 1.165) is 22.6 Å². The van der Waals surface area contributed by atoms with Crippen molar-refractivity contribution >= 4 is 17.7 Å². The number of methoxy groups -OCH3 is 2. The number of hydrogen-bond donors (Lipinski definition) is 0. The van der Waals surface area contributed by atoms with Gasteiger partial charge in [0, 0.05) is 31.3 Å². The van der Waals surface area contributed by atoms with E-state index >= 15 is 0 Å². The molecule has 208 valence electrons. The van der Waals surface area contributed by atoms with Crippen molar-refractivity contribution in [2.24, 2.45) is 0 Å². The van der Waals surface area contributed by atoms with Crippen LogP contribution in [-0.2, 0) is 22.5 Å². The summed E-state index contributed by atoms with van der Waals surface area (Å²) in [5, 5.41) is 0. The fraction of sp³-hybridized carbons (Fsp3) is 0.258. The van der Waals surface area contributed by atoms with E-state index in [-0.39, 0.29) is 19.1 Å². The Hall–Kier alpha value is -4.79. The van der Waals surface area contributed by atoms with Gasteiger partial charge in [-0.3, -0.25) is 9.69 Å². The summed E-state index contributed by atoms with van der Waals surface area (Å²) >= 11 is 0. The zero-order chi connectivity index (χ0) is 28.5. The molecule has 4 rings (SSSR count). The van der Waals surface area contributed by atoms with Crippen LogP contribution in [0.2, 0.25) is 0 Å². The topological polar surface area (TPSA) is 94.3 Å². The summed E-state index contributed by atoms with van der Waals surface area (Å²) in [7, 11) is 4.53. The molecule has 0 atom stereocenters. The lowest BCUT2D eigenvalue weighted by molar-refractivity contribution is -0.141. The minimum atomic E-state index is -0.512. The maximum atomic E-state index is 13.4. The number of aryl methyl sites for hydroxylation is 1. The number of oxazole rings is 1. The summed E-state index contributed by atoms with van der Waals surface area (Å²) in [6.45, 7) is 2.28. The van der Waals surface area contributed by atoms with Gasteiger partial charge in [-0.05, 0) is 61.0 Å². The Balaban J connectivity index is 1.41. The molecule has 1 heterocycles. The molecule has 4 aromatic rings. The lowest BCUT2D eigenvalue weighted by atomic mass is 10.2. The first-order valence-corrected chi connectivity index (χ1v) is 12.8. The molecule has 0 radical (unpaired) electrons. The van der Waals surface area contributed by atoms with Crippen molar-refractivity contribution in [3.63, 3.8) is 0 Å². The van der Waals surface area contributed by atoms with E-state index in [1.807, 2.05) is 61.5 Å². The predicted octanol–water partition coefficient (Wildman–Crippen LogP) is 5.51. The van der Waals surface area contributed by atoms with E-state index in [4.69, 9.17) is 18.6 Å². The quantitative estimate of drug-likeness (QED) is 0.230. The average Bonchev–Trinajstić information content (AvgIpc) is 3.36. The fourth-order valence-corrected chi connectivity index (χ4v) is 4.12. The molecule has 0 saturated carbocycles. The van der Waals surface area contributed by atoms with Gasteiger partial charge in [0.25, 0.3) is 0 Å². The van der Waals surface area contributed by atoms with Gasteiger partial charge in [0.2, 0.25) is 5.89 Å². The van der Waals surface area contributed by atoms with Gasteiger partial charge in [-0.15, -0.1) is 0 Å². The number of hydrogen-bond acceptors (Lipinski definition) is 7. The third-order valence-electron chi connectivity index (χ3n) is 6.36. The normalized spacial score (nSPS) is 10.6. The van der Waals surface area contributed by atoms with Crippen LogP contribution in [0.15, 0.2) is 83.3 Å². The molecule has 1 aromatic heterocycles. The zero-order valence-corrected chi connectivity index (χ0v) is 23.1. The summed E-state index contributed by atoms with van der Waals surface area (Å²) in [5.41, 5.74) is 3.23. The summed E-state index contributed by atoms with van der Waals surface area (Å²) in [5.74, 6) is 2.17. The summed E-state index contributed by atoms with van der Waals surface area (Å²) in [6, 6.07) is 24.0. The first-order valence-electron chi connectivity index (χ1n) is 12.8. The Morgan fingerprint density at radius 3 is 2.38 bits per heavy atom. The highest BCUT2D eigenvalue weighted by atomic mass is 16.5. The lowest BCUT2D eigenvalue weighted by Gasteiger charge is -2.27. The molecule has 0 aliphatic rings. The minimum absolute atomic E-state index is 0.189. The van der Waals surface area contributed by atoms with Gasteiger partial charge in [0.1, 0.15) is 23.8 Å². The van der Waals surface area contributed by atoms with Crippen molar-refractivity contribution in [3.8, 4) is 23.0 Å².